The molecule has 1 atom stereocenters. The smallest absolute Gasteiger partial charge is 0.120 e. The molecule has 100 valence electrons. The van der Waals surface area contributed by atoms with Crippen LogP contribution in [-0.2, 0) is 6.42 Å². The topological polar surface area (TPSA) is 35.2 Å². The minimum absolute atomic E-state index is 0.134. The summed E-state index contributed by atoms with van der Waals surface area (Å²) in [7, 11) is 0. The Bertz CT molecular complexity index is 501. The van der Waals surface area contributed by atoms with Gasteiger partial charge in [-0.15, -0.1) is 0 Å². The molecule has 0 aromatic heterocycles. The molecule has 0 aliphatic rings. The van der Waals surface area contributed by atoms with Gasteiger partial charge in [-0.05, 0) is 36.6 Å². The van der Waals surface area contributed by atoms with Crippen LogP contribution in [0.15, 0.2) is 59.1 Å². The van der Waals surface area contributed by atoms with Gasteiger partial charge in [0.1, 0.15) is 5.75 Å². The lowest BCUT2D eigenvalue weighted by atomic mass is 10.0. The molecule has 2 aromatic rings. The van der Waals surface area contributed by atoms with Crippen LogP contribution in [0.3, 0.4) is 0 Å². The summed E-state index contributed by atoms with van der Waals surface area (Å²) < 4.78 is 6.71. The minimum atomic E-state index is 0.134. The second-order valence-corrected chi connectivity index (χ2v) is 5.46. The molecule has 2 nitrogen and oxygen atoms in total. The first-order valence-electron chi connectivity index (χ1n) is 6.42. The number of halogens is 1. The molecule has 2 N–H and O–H groups in total. The van der Waals surface area contributed by atoms with Gasteiger partial charge in [0.25, 0.3) is 0 Å². The van der Waals surface area contributed by atoms with Crippen LogP contribution >= 0.6 is 15.9 Å². The van der Waals surface area contributed by atoms with Crippen molar-refractivity contribution in [3.63, 3.8) is 0 Å². The molecule has 1 unspecified atom stereocenters. The molecular formula is C16H18BrNO. The fourth-order valence-corrected chi connectivity index (χ4v) is 2.28. The summed E-state index contributed by atoms with van der Waals surface area (Å²) in [5, 5.41) is 0. The highest BCUT2D eigenvalue weighted by atomic mass is 79.9. The van der Waals surface area contributed by atoms with Gasteiger partial charge in [0.15, 0.2) is 0 Å². The van der Waals surface area contributed by atoms with Crippen LogP contribution in [0.5, 0.6) is 5.75 Å². The maximum absolute atomic E-state index is 6.11. The molecule has 2 aromatic carbocycles. The van der Waals surface area contributed by atoms with Gasteiger partial charge in [0, 0.05) is 10.5 Å². The molecule has 0 aliphatic heterocycles. The molecule has 0 bridgehead atoms. The second-order valence-electron chi connectivity index (χ2n) is 4.54. The number of nitrogens with two attached hydrogens (primary N) is 1. The molecule has 0 aliphatic carbocycles. The van der Waals surface area contributed by atoms with Gasteiger partial charge < -0.3 is 10.5 Å². The summed E-state index contributed by atoms with van der Waals surface area (Å²) in [6, 6.07) is 18.3. The van der Waals surface area contributed by atoms with Crippen LogP contribution in [0.4, 0.5) is 0 Å². The zero-order valence-electron chi connectivity index (χ0n) is 10.8. The van der Waals surface area contributed by atoms with Gasteiger partial charge >= 0.3 is 0 Å². The highest BCUT2D eigenvalue weighted by Gasteiger charge is 2.04. The Morgan fingerprint density at radius 2 is 1.84 bits per heavy atom. The lowest BCUT2D eigenvalue weighted by Gasteiger charge is -2.12. The van der Waals surface area contributed by atoms with Crippen LogP contribution in [0.25, 0.3) is 0 Å². The van der Waals surface area contributed by atoms with Crippen molar-refractivity contribution in [2.75, 3.05) is 6.61 Å². The first kappa shape index (κ1) is 14.1. The third-order valence-electron chi connectivity index (χ3n) is 2.89. The Hall–Kier alpha value is -1.32. The van der Waals surface area contributed by atoms with Crippen molar-refractivity contribution in [2.45, 2.75) is 18.9 Å². The fraction of sp³-hybridized carbons (Fsp3) is 0.250. The van der Waals surface area contributed by atoms with E-state index in [1.807, 2.05) is 42.5 Å². The Morgan fingerprint density at radius 1 is 1.05 bits per heavy atom. The lowest BCUT2D eigenvalue weighted by molar-refractivity contribution is 0.297. The number of hydrogen-bond donors (Lipinski definition) is 1. The predicted octanol–water partition coefficient (Wildman–Crippen LogP) is 3.79. The van der Waals surface area contributed by atoms with Crippen molar-refractivity contribution in [3.8, 4) is 5.75 Å². The largest absolute Gasteiger partial charge is 0.493 e. The first-order valence-corrected chi connectivity index (χ1v) is 7.21. The molecule has 19 heavy (non-hydrogen) atoms. The maximum atomic E-state index is 6.11. The highest BCUT2D eigenvalue weighted by Crippen LogP contribution is 2.18. The van der Waals surface area contributed by atoms with E-state index in [-0.39, 0.29) is 6.04 Å². The van der Waals surface area contributed by atoms with Gasteiger partial charge in [-0.1, -0.05) is 52.3 Å². The number of hydrogen-bond acceptors (Lipinski definition) is 2. The summed E-state index contributed by atoms with van der Waals surface area (Å²) >= 11 is 3.42. The average Bonchev–Trinajstić information content (AvgIpc) is 2.40. The van der Waals surface area contributed by atoms with E-state index < -0.39 is 0 Å². The third-order valence-corrected chi connectivity index (χ3v) is 3.39. The van der Waals surface area contributed by atoms with Crippen LogP contribution in [0, 0.1) is 0 Å². The molecule has 0 fully saturated rings. The lowest BCUT2D eigenvalue weighted by Crippen LogP contribution is -2.25. The van der Waals surface area contributed by atoms with E-state index in [1.165, 1.54) is 5.56 Å². The fourth-order valence-electron chi connectivity index (χ4n) is 1.90. The van der Waals surface area contributed by atoms with Crippen molar-refractivity contribution in [1.82, 2.24) is 0 Å². The van der Waals surface area contributed by atoms with E-state index in [2.05, 4.69) is 28.1 Å². The molecule has 0 saturated heterocycles. The SMILES string of the molecule is NC(CCOc1cccc(Br)c1)Cc1ccccc1. The zero-order chi connectivity index (χ0) is 13.5. The molecule has 0 saturated carbocycles. The van der Waals surface area contributed by atoms with Gasteiger partial charge in [-0.2, -0.15) is 0 Å². The predicted molar refractivity (Wildman–Crippen MR) is 82.4 cm³/mol. The normalized spacial score (nSPS) is 12.1. The minimum Gasteiger partial charge on any atom is -0.493 e. The standard InChI is InChI=1S/C16H18BrNO/c17-14-7-4-8-16(12-14)19-10-9-15(18)11-13-5-2-1-3-6-13/h1-8,12,15H,9-11,18H2. The van der Waals surface area contributed by atoms with E-state index in [0.717, 1.165) is 23.1 Å². The van der Waals surface area contributed by atoms with Crippen molar-refractivity contribution >= 4 is 15.9 Å². The van der Waals surface area contributed by atoms with Gasteiger partial charge in [0.05, 0.1) is 6.61 Å². The van der Waals surface area contributed by atoms with Crippen LogP contribution in [0.1, 0.15) is 12.0 Å². The van der Waals surface area contributed by atoms with Crippen LogP contribution in [0.2, 0.25) is 0 Å². The van der Waals surface area contributed by atoms with Gasteiger partial charge in [-0.3, -0.25) is 0 Å². The summed E-state index contributed by atoms with van der Waals surface area (Å²) in [6.07, 6.45) is 1.74. The third kappa shape index (κ3) is 5.05. The van der Waals surface area contributed by atoms with Gasteiger partial charge in [0.2, 0.25) is 0 Å². The first-order chi connectivity index (χ1) is 9.24. The van der Waals surface area contributed by atoms with Crippen molar-refractivity contribution < 1.29 is 4.74 Å². The maximum Gasteiger partial charge on any atom is 0.120 e. The van der Waals surface area contributed by atoms with E-state index >= 15 is 0 Å². The molecule has 0 spiro atoms. The average molecular weight is 320 g/mol. The Morgan fingerprint density at radius 3 is 2.58 bits per heavy atom. The number of benzene rings is 2. The quantitative estimate of drug-likeness (QED) is 0.879. The molecule has 0 heterocycles. The zero-order valence-corrected chi connectivity index (χ0v) is 12.3. The molecule has 0 radical (unpaired) electrons. The summed E-state index contributed by atoms with van der Waals surface area (Å²) in [4.78, 5) is 0. The van der Waals surface area contributed by atoms with Gasteiger partial charge in [-0.25, -0.2) is 0 Å². The molecule has 3 heteroatoms. The number of ether oxygens (including phenoxy) is 1. The van der Waals surface area contributed by atoms with E-state index in [4.69, 9.17) is 10.5 Å². The second kappa shape index (κ2) is 7.31. The van der Waals surface area contributed by atoms with E-state index in [0.29, 0.717) is 6.61 Å². The molecule has 0 amide bonds. The molecule has 2 rings (SSSR count). The van der Waals surface area contributed by atoms with Crippen molar-refractivity contribution in [3.05, 3.63) is 64.6 Å². The van der Waals surface area contributed by atoms with Crippen LogP contribution < -0.4 is 10.5 Å². The monoisotopic (exact) mass is 319 g/mol. The Balaban J connectivity index is 1.73. The summed E-state index contributed by atoms with van der Waals surface area (Å²) in [5.74, 6) is 0.876. The molecular weight excluding hydrogens is 302 g/mol. The highest BCUT2D eigenvalue weighted by molar-refractivity contribution is 9.10. The summed E-state index contributed by atoms with van der Waals surface area (Å²) in [5.41, 5.74) is 7.39. The van der Waals surface area contributed by atoms with E-state index in [9.17, 15) is 0 Å². The summed E-state index contributed by atoms with van der Waals surface area (Å²) in [6.45, 7) is 0.643. The van der Waals surface area contributed by atoms with E-state index in [1.54, 1.807) is 0 Å². The van der Waals surface area contributed by atoms with Crippen molar-refractivity contribution in [2.24, 2.45) is 5.73 Å². The van der Waals surface area contributed by atoms with Crippen LogP contribution in [-0.4, -0.2) is 12.6 Å². The Kier molecular flexibility index (Phi) is 5.43. The van der Waals surface area contributed by atoms with Crippen molar-refractivity contribution in [1.29, 1.82) is 0 Å². The number of rotatable bonds is 6. The Labute approximate surface area is 122 Å².